The Bertz CT molecular complexity index is 914. The minimum absolute atomic E-state index is 0.0376. The van der Waals surface area contributed by atoms with E-state index < -0.39 is 0 Å². The first-order valence-corrected chi connectivity index (χ1v) is 11.0. The Morgan fingerprint density at radius 3 is 2.97 bits per heavy atom. The van der Waals surface area contributed by atoms with Crippen LogP contribution < -0.4 is 14.8 Å². The average molecular weight is 435 g/mol. The van der Waals surface area contributed by atoms with Gasteiger partial charge in [0.05, 0.1) is 5.02 Å². The third-order valence-corrected chi connectivity index (χ3v) is 6.42. The fourth-order valence-corrected chi connectivity index (χ4v) is 4.76. The predicted molar refractivity (Wildman–Crippen MR) is 112 cm³/mol. The quantitative estimate of drug-likeness (QED) is 0.758. The van der Waals surface area contributed by atoms with Crippen LogP contribution in [-0.4, -0.2) is 43.0 Å². The first-order chi connectivity index (χ1) is 14.1. The van der Waals surface area contributed by atoms with Crippen molar-refractivity contribution < 1.29 is 19.1 Å². The first kappa shape index (κ1) is 20.0. The van der Waals surface area contributed by atoms with E-state index in [0.717, 1.165) is 18.5 Å². The van der Waals surface area contributed by atoms with Crippen LogP contribution in [0.25, 0.3) is 0 Å². The molecule has 4 rings (SSSR count). The van der Waals surface area contributed by atoms with E-state index >= 15 is 0 Å². The third-order valence-electron chi connectivity index (χ3n) is 5.12. The van der Waals surface area contributed by atoms with E-state index in [0.29, 0.717) is 49.2 Å². The highest BCUT2D eigenvalue weighted by atomic mass is 35.5. The summed E-state index contributed by atoms with van der Waals surface area (Å²) in [7, 11) is 0. The largest absolute Gasteiger partial charge is 0.486 e. The molecule has 1 N–H and O–H groups in total. The molecule has 8 heteroatoms. The van der Waals surface area contributed by atoms with Crippen molar-refractivity contribution in [2.45, 2.75) is 32.2 Å². The second kappa shape index (κ2) is 9.05. The van der Waals surface area contributed by atoms with Crippen molar-refractivity contribution >= 4 is 34.8 Å². The Balaban J connectivity index is 1.20. The predicted octanol–water partition coefficient (Wildman–Crippen LogP) is 3.20. The van der Waals surface area contributed by atoms with Crippen LogP contribution in [0.3, 0.4) is 0 Å². The lowest BCUT2D eigenvalue weighted by Gasteiger charge is -2.27. The molecule has 0 saturated carbocycles. The molecular weight excluding hydrogens is 412 g/mol. The number of halogens is 1. The van der Waals surface area contributed by atoms with E-state index in [-0.39, 0.29) is 24.7 Å². The second-order valence-electron chi connectivity index (χ2n) is 7.14. The molecule has 6 nitrogen and oxygen atoms in total. The van der Waals surface area contributed by atoms with Crippen LogP contribution >= 0.6 is 22.9 Å². The van der Waals surface area contributed by atoms with Crippen LogP contribution in [0.1, 0.15) is 28.8 Å². The minimum Gasteiger partial charge on any atom is -0.486 e. The maximum Gasteiger partial charge on any atom is 0.223 e. The molecule has 2 aliphatic rings. The summed E-state index contributed by atoms with van der Waals surface area (Å²) in [5, 5.41) is 5.47. The molecule has 0 unspecified atom stereocenters. The van der Waals surface area contributed by atoms with Crippen LogP contribution in [0.4, 0.5) is 0 Å². The van der Waals surface area contributed by atoms with E-state index in [1.54, 1.807) is 11.3 Å². The number of hydrogen-bond donors (Lipinski definition) is 1. The number of thiophene rings is 1. The molecule has 2 amide bonds. The highest BCUT2D eigenvalue weighted by Crippen LogP contribution is 2.38. The van der Waals surface area contributed by atoms with E-state index in [1.165, 1.54) is 10.4 Å². The van der Waals surface area contributed by atoms with Gasteiger partial charge in [0.25, 0.3) is 0 Å². The Labute approximate surface area is 178 Å². The normalized spacial score (nSPS) is 15.0. The molecule has 0 spiro atoms. The van der Waals surface area contributed by atoms with Gasteiger partial charge in [0, 0.05) is 37.4 Å². The molecule has 2 aromatic rings. The lowest BCUT2D eigenvalue weighted by Crippen LogP contribution is -2.36. The van der Waals surface area contributed by atoms with Gasteiger partial charge in [-0.15, -0.1) is 11.3 Å². The van der Waals surface area contributed by atoms with Crippen LogP contribution in [0, 0.1) is 0 Å². The summed E-state index contributed by atoms with van der Waals surface area (Å²) in [6, 6.07) is 5.81. The van der Waals surface area contributed by atoms with E-state index in [2.05, 4.69) is 16.8 Å². The lowest BCUT2D eigenvalue weighted by molar-refractivity contribution is -0.134. The molecule has 1 aromatic carbocycles. The van der Waals surface area contributed by atoms with Crippen molar-refractivity contribution in [1.82, 2.24) is 10.2 Å². The van der Waals surface area contributed by atoms with Gasteiger partial charge in [0.2, 0.25) is 11.8 Å². The second-order valence-corrected chi connectivity index (χ2v) is 8.54. The summed E-state index contributed by atoms with van der Waals surface area (Å²) in [4.78, 5) is 27.8. The Morgan fingerprint density at radius 2 is 2.07 bits per heavy atom. The van der Waals surface area contributed by atoms with Gasteiger partial charge in [-0.1, -0.05) is 11.6 Å². The zero-order chi connectivity index (χ0) is 20.2. The van der Waals surface area contributed by atoms with Gasteiger partial charge < -0.3 is 19.7 Å². The van der Waals surface area contributed by atoms with Gasteiger partial charge >= 0.3 is 0 Å². The molecule has 0 radical (unpaired) electrons. The molecule has 0 fully saturated rings. The maximum absolute atomic E-state index is 12.4. The zero-order valence-electron chi connectivity index (χ0n) is 16.0. The van der Waals surface area contributed by atoms with Gasteiger partial charge in [-0.3, -0.25) is 9.59 Å². The van der Waals surface area contributed by atoms with Crippen LogP contribution in [0.15, 0.2) is 23.6 Å². The zero-order valence-corrected chi connectivity index (χ0v) is 17.6. The summed E-state index contributed by atoms with van der Waals surface area (Å²) < 4.78 is 11.1. The van der Waals surface area contributed by atoms with Crippen molar-refractivity contribution in [3.8, 4) is 11.5 Å². The standard InChI is InChI=1S/C21H23ClN2O4S/c22-16-11-14(12-17-21(16)28-9-8-27-17)3-6-23-19(25)1-2-20(26)24-7-4-18-15(13-24)5-10-29-18/h5,10-12H,1-4,6-9,13H2,(H,23,25). The summed E-state index contributed by atoms with van der Waals surface area (Å²) >= 11 is 7.99. The summed E-state index contributed by atoms with van der Waals surface area (Å²) in [6.45, 7) is 2.86. The minimum atomic E-state index is -0.116. The third kappa shape index (κ3) is 4.85. The van der Waals surface area contributed by atoms with E-state index in [4.69, 9.17) is 21.1 Å². The number of carbonyl (C=O) groups is 2. The molecule has 2 aliphatic heterocycles. The number of hydrogen-bond acceptors (Lipinski definition) is 5. The summed E-state index contributed by atoms with van der Waals surface area (Å²) in [5.74, 6) is 1.15. The van der Waals surface area contributed by atoms with Gasteiger partial charge in [0.1, 0.15) is 13.2 Å². The topological polar surface area (TPSA) is 67.9 Å². The fraction of sp³-hybridized carbons (Fsp3) is 0.429. The Kier molecular flexibility index (Phi) is 6.25. The Morgan fingerprint density at radius 1 is 1.21 bits per heavy atom. The maximum atomic E-state index is 12.4. The van der Waals surface area contributed by atoms with Crippen molar-refractivity contribution in [3.63, 3.8) is 0 Å². The highest BCUT2D eigenvalue weighted by Gasteiger charge is 2.22. The van der Waals surface area contributed by atoms with Gasteiger partial charge in [-0.05, 0) is 47.5 Å². The van der Waals surface area contributed by atoms with Crippen molar-refractivity contribution in [2.75, 3.05) is 26.3 Å². The number of carbonyl (C=O) groups excluding carboxylic acids is 2. The molecule has 29 heavy (non-hydrogen) atoms. The molecule has 0 bridgehead atoms. The number of rotatable bonds is 6. The highest BCUT2D eigenvalue weighted by molar-refractivity contribution is 7.10. The fourth-order valence-electron chi connectivity index (χ4n) is 3.58. The lowest BCUT2D eigenvalue weighted by atomic mass is 10.1. The molecule has 1 aromatic heterocycles. The molecule has 3 heterocycles. The first-order valence-electron chi connectivity index (χ1n) is 9.78. The molecule has 0 atom stereocenters. The average Bonchev–Trinajstić information content (AvgIpc) is 3.20. The molecule has 154 valence electrons. The summed E-state index contributed by atoms with van der Waals surface area (Å²) in [6.07, 6.45) is 1.97. The van der Waals surface area contributed by atoms with Gasteiger partial charge in [-0.2, -0.15) is 0 Å². The molecule has 0 saturated heterocycles. The summed E-state index contributed by atoms with van der Waals surface area (Å²) in [5.41, 5.74) is 2.20. The number of benzene rings is 1. The number of nitrogens with zero attached hydrogens (tertiary/aromatic N) is 1. The monoisotopic (exact) mass is 434 g/mol. The van der Waals surface area contributed by atoms with E-state index in [1.807, 2.05) is 17.0 Å². The smallest absolute Gasteiger partial charge is 0.223 e. The van der Waals surface area contributed by atoms with Gasteiger partial charge in [0.15, 0.2) is 11.5 Å². The van der Waals surface area contributed by atoms with Crippen LogP contribution in [0.5, 0.6) is 11.5 Å². The number of nitrogens with one attached hydrogen (secondary N) is 1. The van der Waals surface area contributed by atoms with E-state index in [9.17, 15) is 9.59 Å². The number of amides is 2. The van der Waals surface area contributed by atoms with Crippen molar-refractivity contribution in [3.05, 3.63) is 44.6 Å². The molecular formula is C21H23ClN2O4S. The van der Waals surface area contributed by atoms with Crippen molar-refractivity contribution in [2.24, 2.45) is 0 Å². The van der Waals surface area contributed by atoms with Gasteiger partial charge in [-0.25, -0.2) is 0 Å². The number of ether oxygens (including phenoxy) is 2. The SMILES string of the molecule is O=C(CCC(=O)N1CCc2sccc2C1)NCCc1cc(Cl)c2c(c1)OCCO2. The molecule has 0 aliphatic carbocycles. The van der Waals surface area contributed by atoms with Crippen molar-refractivity contribution in [1.29, 1.82) is 0 Å². The van der Waals surface area contributed by atoms with Crippen LogP contribution in [0.2, 0.25) is 5.02 Å². The Hall–Kier alpha value is -2.25. The number of fused-ring (bicyclic) bond motifs is 2. The van der Waals surface area contributed by atoms with Crippen LogP contribution in [-0.2, 0) is 29.0 Å².